The lowest BCUT2D eigenvalue weighted by atomic mass is 9.96. The molecule has 2 aliphatic rings. The molecule has 2 fully saturated rings. The second-order valence-electron chi connectivity index (χ2n) is 8.04. The summed E-state index contributed by atoms with van der Waals surface area (Å²) in [5.41, 5.74) is 0.482. The van der Waals surface area contributed by atoms with Gasteiger partial charge in [-0.1, -0.05) is 29.8 Å². The molecule has 0 spiro atoms. The fourth-order valence-electron chi connectivity index (χ4n) is 3.95. The Bertz CT molecular complexity index is 1080. The first-order valence-corrected chi connectivity index (χ1v) is 12.1. The number of hydrogen-bond acceptors (Lipinski definition) is 3. The number of piperidine rings is 1. The van der Waals surface area contributed by atoms with Crippen LogP contribution >= 0.6 is 11.6 Å². The third-order valence-corrected chi connectivity index (χ3v) is 8.09. The Kier molecular flexibility index (Phi) is 6.32. The van der Waals surface area contributed by atoms with Gasteiger partial charge in [-0.25, -0.2) is 17.2 Å². The van der Waals surface area contributed by atoms with Crippen LogP contribution in [0.3, 0.4) is 0 Å². The normalized spacial score (nSPS) is 18.2. The van der Waals surface area contributed by atoms with Gasteiger partial charge in [0.2, 0.25) is 15.9 Å². The quantitative estimate of drug-likeness (QED) is 0.638. The maximum atomic E-state index is 14.1. The molecule has 2 aromatic rings. The van der Waals surface area contributed by atoms with Crippen molar-refractivity contribution in [3.05, 3.63) is 64.7 Å². The van der Waals surface area contributed by atoms with E-state index in [-0.39, 0.29) is 53.2 Å². The average Bonchev–Trinajstić information content (AvgIpc) is 3.60. The van der Waals surface area contributed by atoms with E-state index in [0.29, 0.717) is 18.4 Å². The minimum atomic E-state index is -3.82. The summed E-state index contributed by atoms with van der Waals surface area (Å²) >= 11 is 5.74. The van der Waals surface area contributed by atoms with Crippen LogP contribution in [0.4, 0.5) is 8.78 Å². The van der Waals surface area contributed by atoms with Crippen molar-refractivity contribution in [2.24, 2.45) is 5.92 Å². The molecule has 0 bridgehead atoms. The molecule has 0 unspecified atom stereocenters. The van der Waals surface area contributed by atoms with Crippen molar-refractivity contribution in [1.29, 1.82) is 0 Å². The number of benzene rings is 2. The van der Waals surface area contributed by atoms with Crippen LogP contribution in [0.5, 0.6) is 0 Å². The molecule has 166 valence electrons. The van der Waals surface area contributed by atoms with E-state index in [0.717, 1.165) is 25.0 Å². The number of carbonyl (C=O) groups is 1. The molecule has 0 N–H and O–H groups in total. The Balaban J connectivity index is 1.43. The first-order valence-electron chi connectivity index (χ1n) is 10.3. The summed E-state index contributed by atoms with van der Waals surface area (Å²) in [6.07, 6.45) is 2.57. The van der Waals surface area contributed by atoms with Gasteiger partial charge in [-0.15, -0.1) is 0 Å². The molecule has 4 rings (SSSR count). The SMILES string of the molecule is O=C(C1CCN(S(=O)(=O)c2ccc(F)c(Cl)c2)CC1)N(Cc1ccccc1F)C1CC1. The second-order valence-corrected chi connectivity index (χ2v) is 10.4. The van der Waals surface area contributed by atoms with Gasteiger partial charge in [0.1, 0.15) is 11.6 Å². The summed E-state index contributed by atoms with van der Waals surface area (Å²) in [5.74, 6) is -1.37. The molecule has 9 heteroatoms. The number of sulfonamides is 1. The van der Waals surface area contributed by atoms with E-state index in [1.54, 1.807) is 23.1 Å². The topological polar surface area (TPSA) is 57.7 Å². The zero-order valence-electron chi connectivity index (χ0n) is 16.8. The summed E-state index contributed by atoms with van der Waals surface area (Å²) < 4.78 is 54.5. The highest BCUT2D eigenvalue weighted by Gasteiger charge is 2.39. The van der Waals surface area contributed by atoms with Crippen molar-refractivity contribution in [2.75, 3.05) is 13.1 Å². The highest BCUT2D eigenvalue weighted by molar-refractivity contribution is 7.89. The molecule has 0 aromatic heterocycles. The summed E-state index contributed by atoms with van der Waals surface area (Å²) in [7, 11) is -3.82. The monoisotopic (exact) mass is 468 g/mol. The van der Waals surface area contributed by atoms with Crippen molar-refractivity contribution in [3.8, 4) is 0 Å². The van der Waals surface area contributed by atoms with Crippen molar-refractivity contribution < 1.29 is 22.0 Å². The van der Waals surface area contributed by atoms with E-state index in [9.17, 15) is 22.0 Å². The lowest BCUT2D eigenvalue weighted by molar-refractivity contribution is -0.138. The highest BCUT2D eigenvalue weighted by Crippen LogP contribution is 2.33. The molecule has 1 heterocycles. The number of nitrogens with zero attached hydrogens (tertiary/aromatic N) is 2. The van der Waals surface area contributed by atoms with Crippen molar-refractivity contribution >= 4 is 27.5 Å². The van der Waals surface area contributed by atoms with Crippen LogP contribution in [-0.2, 0) is 21.4 Å². The van der Waals surface area contributed by atoms with Gasteiger partial charge in [-0.2, -0.15) is 4.31 Å². The third kappa shape index (κ3) is 4.76. The zero-order valence-corrected chi connectivity index (χ0v) is 18.4. The maximum absolute atomic E-state index is 14.1. The van der Waals surface area contributed by atoms with Gasteiger partial charge in [0, 0.05) is 37.2 Å². The second kappa shape index (κ2) is 8.84. The Morgan fingerprint density at radius 3 is 2.32 bits per heavy atom. The average molecular weight is 469 g/mol. The van der Waals surface area contributed by atoms with Gasteiger partial charge in [-0.05, 0) is 49.9 Å². The van der Waals surface area contributed by atoms with Crippen molar-refractivity contribution in [1.82, 2.24) is 9.21 Å². The first kappa shape index (κ1) is 22.2. The van der Waals surface area contributed by atoms with Crippen molar-refractivity contribution in [3.63, 3.8) is 0 Å². The van der Waals surface area contributed by atoms with Crippen LogP contribution in [-0.4, -0.2) is 42.7 Å². The van der Waals surface area contributed by atoms with E-state index >= 15 is 0 Å². The Morgan fingerprint density at radius 1 is 1.03 bits per heavy atom. The van der Waals surface area contributed by atoms with E-state index < -0.39 is 15.8 Å². The first-order chi connectivity index (χ1) is 14.8. The highest BCUT2D eigenvalue weighted by atomic mass is 35.5. The Hall–Kier alpha value is -2.03. The standard InChI is InChI=1S/C22H23ClF2N2O3S/c23-19-13-18(7-8-21(19)25)31(29,30)26-11-9-15(10-12-26)22(28)27(17-5-6-17)14-16-3-1-2-4-20(16)24/h1-4,7-8,13,15,17H,5-6,9-12,14H2. The summed E-state index contributed by atoms with van der Waals surface area (Å²) in [4.78, 5) is 14.9. The van der Waals surface area contributed by atoms with E-state index in [1.807, 2.05) is 0 Å². The van der Waals surface area contributed by atoms with E-state index in [1.165, 1.54) is 16.4 Å². The Labute approximate surface area is 185 Å². The fourth-order valence-corrected chi connectivity index (χ4v) is 5.69. The molecule has 1 aliphatic heterocycles. The molecule has 5 nitrogen and oxygen atoms in total. The number of hydrogen-bond donors (Lipinski definition) is 0. The van der Waals surface area contributed by atoms with Crippen LogP contribution in [0, 0.1) is 17.6 Å². The van der Waals surface area contributed by atoms with Crippen LogP contribution < -0.4 is 0 Å². The van der Waals surface area contributed by atoms with Gasteiger partial charge >= 0.3 is 0 Å². The Morgan fingerprint density at radius 2 is 1.71 bits per heavy atom. The molecule has 1 saturated carbocycles. The fraction of sp³-hybridized carbons (Fsp3) is 0.409. The van der Waals surface area contributed by atoms with Crippen LogP contribution in [0.2, 0.25) is 5.02 Å². The lowest BCUT2D eigenvalue weighted by Crippen LogP contribution is -2.44. The number of carbonyl (C=O) groups excluding carboxylic acids is 1. The molecule has 0 radical (unpaired) electrons. The van der Waals surface area contributed by atoms with Gasteiger partial charge in [0.15, 0.2) is 0 Å². The maximum Gasteiger partial charge on any atom is 0.243 e. The lowest BCUT2D eigenvalue weighted by Gasteiger charge is -2.34. The van der Waals surface area contributed by atoms with E-state index in [4.69, 9.17) is 11.6 Å². The van der Waals surface area contributed by atoms with E-state index in [2.05, 4.69) is 0 Å². The van der Waals surface area contributed by atoms with Crippen molar-refractivity contribution in [2.45, 2.75) is 43.2 Å². The molecular weight excluding hydrogens is 446 g/mol. The number of rotatable bonds is 6. The summed E-state index contributed by atoms with van der Waals surface area (Å²) in [6, 6.07) is 9.88. The summed E-state index contributed by atoms with van der Waals surface area (Å²) in [6.45, 7) is 0.598. The molecule has 0 atom stereocenters. The van der Waals surface area contributed by atoms with Gasteiger partial charge in [0.05, 0.1) is 9.92 Å². The molecule has 1 aliphatic carbocycles. The molecule has 2 aromatic carbocycles. The number of halogens is 3. The minimum Gasteiger partial charge on any atom is -0.335 e. The predicted molar refractivity (Wildman–Crippen MR) is 113 cm³/mol. The number of amides is 1. The van der Waals surface area contributed by atoms with Crippen LogP contribution in [0.1, 0.15) is 31.2 Å². The smallest absolute Gasteiger partial charge is 0.243 e. The molecule has 1 saturated heterocycles. The third-order valence-electron chi connectivity index (χ3n) is 5.90. The predicted octanol–water partition coefficient (Wildman–Crippen LogP) is 4.21. The van der Waals surface area contributed by atoms with Crippen LogP contribution in [0.15, 0.2) is 47.4 Å². The molecular formula is C22H23ClF2N2O3S. The molecule has 31 heavy (non-hydrogen) atoms. The van der Waals surface area contributed by atoms with Gasteiger partial charge in [0.25, 0.3) is 0 Å². The minimum absolute atomic E-state index is 0.0485. The van der Waals surface area contributed by atoms with Crippen LogP contribution in [0.25, 0.3) is 0 Å². The zero-order chi connectivity index (χ0) is 22.2. The van der Waals surface area contributed by atoms with Gasteiger partial charge < -0.3 is 4.90 Å². The summed E-state index contributed by atoms with van der Waals surface area (Å²) in [5, 5.41) is -0.251. The van der Waals surface area contributed by atoms with Gasteiger partial charge in [-0.3, -0.25) is 4.79 Å². The largest absolute Gasteiger partial charge is 0.335 e. The molecule has 1 amide bonds.